The van der Waals surface area contributed by atoms with Crippen molar-refractivity contribution in [2.24, 2.45) is 0 Å². The number of carbonyl (C=O) groups is 1. The summed E-state index contributed by atoms with van der Waals surface area (Å²) in [5.74, 6) is -0.321. The third kappa shape index (κ3) is 1.42. The summed E-state index contributed by atoms with van der Waals surface area (Å²) in [5.41, 5.74) is 0.930. The van der Waals surface area contributed by atoms with E-state index in [1.54, 1.807) is 0 Å². The van der Waals surface area contributed by atoms with Gasteiger partial charge in [0.2, 0.25) is 0 Å². The Morgan fingerprint density at radius 1 is 1.13 bits per heavy atom. The molecular weight excluding hydrogens is 196 g/mol. The molecule has 1 aromatic rings. The highest BCUT2D eigenvalue weighted by Crippen LogP contribution is 2.34. The highest BCUT2D eigenvalue weighted by Gasteiger charge is 2.47. The molecule has 4 heteroatoms. The van der Waals surface area contributed by atoms with Gasteiger partial charge in [0.25, 0.3) is 0 Å². The van der Waals surface area contributed by atoms with Gasteiger partial charge in [0, 0.05) is 5.56 Å². The minimum atomic E-state index is -0.546. The van der Waals surface area contributed by atoms with E-state index in [1.807, 2.05) is 30.3 Å². The lowest BCUT2D eigenvalue weighted by Gasteiger charge is -2.11. The minimum Gasteiger partial charge on any atom is -0.461 e. The Kier molecular flexibility index (Phi) is 1.97. The molecule has 78 valence electrons. The summed E-state index contributed by atoms with van der Waals surface area (Å²) in [6.07, 6.45) is -1.23. The Balaban J connectivity index is 1.80. The van der Waals surface area contributed by atoms with Crippen molar-refractivity contribution in [2.45, 2.75) is 18.5 Å². The first-order chi connectivity index (χ1) is 7.34. The highest BCUT2D eigenvalue weighted by molar-refractivity contribution is 5.77. The monoisotopic (exact) mass is 206 g/mol. The fourth-order valence-electron chi connectivity index (χ4n) is 1.83. The molecule has 15 heavy (non-hydrogen) atoms. The Labute approximate surface area is 86.7 Å². The smallest absolute Gasteiger partial charge is 0.338 e. The largest absolute Gasteiger partial charge is 0.461 e. The number of ether oxygens (including phenoxy) is 3. The number of hydrogen-bond donors (Lipinski definition) is 0. The second-order valence-electron chi connectivity index (χ2n) is 3.60. The summed E-state index contributed by atoms with van der Waals surface area (Å²) in [5, 5.41) is 0. The molecule has 0 radical (unpaired) electrons. The molecule has 2 saturated heterocycles. The molecule has 0 saturated carbocycles. The first kappa shape index (κ1) is 8.88. The first-order valence-corrected chi connectivity index (χ1v) is 4.87. The van der Waals surface area contributed by atoms with Gasteiger partial charge in [-0.3, -0.25) is 0 Å². The topological polar surface area (TPSA) is 44.8 Å². The maximum Gasteiger partial charge on any atom is 0.338 e. The predicted molar refractivity (Wildman–Crippen MR) is 49.9 cm³/mol. The normalized spacial score (nSPS) is 33.9. The molecule has 3 unspecified atom stereocenters. The average molecular weight is 206 g/mol. The summed E-state index contributed by atoms with van der Waals surface area (Å²) < 4.78 is 15.9. The minimum absolute atomic E-state index is 0.247. The van der Waals surface area contributed by atoms with E-state index >= 15 is 0 Å². The van der Waals surface area contributed by atoms with Gasteiger partial charge < -0.3 is 14.2 Å². The lowest BCUT2D eigenvalue weighted by Crippen LogP contribution is -2.22. The number of carbonyl (C=O) groups excluding carboxylic acids is 1. The summed E-state index contributed by atoms with van der Waals surface area (Å²) in [6, 6.07) is 9.57. The second kappa shape index (κ2) is 3.32. The SMILES string of the molecule is O=C1OCC2OC(c3ccccc3)OC12. The maximum atomic E-state index is 11.2. The van der Waals surface area contributed by atoms with E-state index in [0.717, 1.165) is 5.56 Å². The van der Waals surface area contributed by atoms with Gasteiger partial charge in [-0.05, 0) is 0 Å². The standard InChI is InChI=1S/C11H10O4/c12-10-9-8(6-13-10)14-11(15-9)7-4-2-1-3-5-7/h1-5,8-9,11H,6H2. The molecule has 0 amide bonds. The van der Waals surface area contributed by atoms with Crippen LogP contribution in [0.3, 0.4) is 0 Å². The van der Waals surface area contributed by atoms with Crippen LogP contribution in [-0.4, -0.2) is 24.8 Å². The van der Waals surface area contributed by atoms with Crippen molar-refractivity contribution in [1.82, 2.24) is 0 Å². The van der Waals surface area contributed by atoms with E-state index in [0.29, 0.717) is 6.61 Å². The molecule has 4 nitrogen and oxygen atoms in total. The zero-order chi connectivity index (χ0) is 10.3. The molecule has 2 heterocycles. The highest BCUT2D eigenvalue weighted by atomic mass is 16.8. The molecule has 1 aromatic carbocycles. The number of fused-ring (bicyclic) bond motifs is 1. The van der Waals surface area contributed by atoms with E-state index in [9.17, 15) is 4.79 Å². The van der Waals surface area contributed by atoms with Crippen LogP contribution in [0.4, 0.5) is 0 Å². The van der Waals surface area contributed by atoms with Crippen LogP contribution in [0.5, 0.6) is 0 Å². The molecule has 0 spiro atoms. The summed E-state index contributed by atoms with van der Waals surface area (Å²) in [6.45, 7) is 0.298. The van der Waals surface area contributed by atoms with Crippen molar-refractivity contribution in [3.63, 3.8) is 0 Å². The van der Waals surface area contributed by atoms with E-state index in [4.69, 9.17) is 14.2 Å². The van der Waals surface area contributed by atoms with Gasteiger partial charge in [-0.15, -0.1) is 0 Å². The van der Waals surface area contributed by atoms with Crippen LogP contribution in [0.15, 0.2) is 30.3 Å². The van der Waals surface area contributed by atoms with E-state index in [2.05, 4.69) is 0 Å². The molecule has 3 atom stereocenters. The Morgan fingerprint density at radius 2 is 1.93 bits per heavy atom. The van der Waals surface area contributed by atoms with Gasteiger partial charge in [-0.1, -0.05) is 30.3 Å². The molecule has 2 aliphatic rings. The third-order valence-electron chi connectivity index (χ3n) is 2.60. The van der Waals surface area contributed by atoms with Crippen LogP contribution < -0.4 is 0 Å². The molecular formula is C11H10O4. The molecule has 2 aliphatic heterocycles. The van der Waals surface area contributed by atoms with Crippen LogP contribution in [0, 0.1) is 0 Å². The molecule has 3 rings (SSSR count). The van der Waals surface area contributed by atoms with Crippen LogP contribution >= 0.6 is 0 Å². The van der Waals surface area contributed by atoms with E-state index in [1.165, 1.54) is 0 Å². The van der Waals surface area contributed by atoms with Crippen molar-refractivity contribution in [2.75, 3.05) is 6.61 Å². The van der Waals surface area contributed by atoms with Crippen LogP contribution in [0.2, 0.25) is 0 Å². The number of hydrogen-bond acceptors (Lipinski definition) is 4. The van der Waals surface area contributed by atoms with Crippen molar-refractivity contribution in [1.29, 1.82) is 0 Å². The van der Waals surface area contributed by atoms with Crippen molar-refractivity contribution in [3.8, 4) is 0 Å². The van der Waals surface area contributed by atoms with E-state index in [-0.39, 0.29) is 12.1 Å². The van der Waals surface area contributed by atoms with Crippen molar-refractivity contribution >= 4 is 5.97 Å². The van der Waals surface area contributed by atoms with Crippen molar-refractivity contribution < 1.29 is 19.0 Å². The summed E-state index contributed by atoms with van der Waals surface area (Å²) in [4.78, 5) is 11.2. The number of benzene rings is 1. The van der Waals surface area contributed by atoms with Gasteiger partial charge in [0.05, 0.1) is 0 Å². The van der Waals surface area contributed by atoms with Gasteiger partial charge in [0.15, 0.2) is 12.4 Å². The quantitative estimate of drug-likeness (QED) is 0.644. The van der Waals surface area contributed by atoms with Gasteiger partial charge in [0.1, 0.15) is 12.7 Å². The third-order valence-corrected chi connectivity index (χ3v) is 2.60. The maximum absolute atomic E-state index is 11.2. The fraction of sp³-hybridized carbons (Fsp3) is 0.364. The van der Waals surface area contributed by atoms with Crippen LogP contribution in [0.1, 0.15) is 11.9 Å². The zero-order valence-electron chi connectivity index (χ0n) is 7.96. The number of cyclic esters (lactones) is 1. The number of rotatable bonds is 1. The molecule has 0 N–H and O–H groups in total. The Morgan fingerprint density at radius 3 is 2.67 bits per heavy atom. The van der Waals surface area contributed by atoms with Gasteiger partial charge in [-0.2, -0.15) is 0 Å². The first-order valence-electron chi connectivity index (χ1n) is 4.87. The summed E-state index contributed by atoms with van der Waals surface area (Å²) >= 11 is 0. The Hall–Kier alpha value is -1.39. The molecule has 0 bridgehead atoms. The molecule has 0 aliphatic carbocycles. The van der Waals surface area contributed by atoms with Crippen LogP contribution in [0.25, 0.3) is 0 Å². The average Bonchev–Trinajstić information content (AvgIpc) is 2.83. The second-order valence-corrected chi connectivity index (χ2v) is 3.60. The molecule has 2 fully saturated rings. The predicted octanol–water partition coefficient (Wildman–Crippen LogP) is 1.03. The summed E-state index contributed by atoms with van der Waals surface area (Å²) in [7, 11) is 0. The lowest BCUT2D eigenvalue weighted by molar-refractivity contribution is -0.156. The Bertz CT molecular complexity index is 375. The zero-order valence-corrected chi connectivity index (χ0v) is 7.96. The fourth-order valence-corrected chi connectivity index (χ4v) is 1.83. The van der Waals surface area contributed by atoms with Gasteiger partial charge >= 0.3 is 5.97 Å². The lowest BCUT2D eigenvalue weighted by atomic mass is 10.2. The van der Waals surface area contributed by atoms with E-state index < -0.39 is 12.4 Å². The van der Waals surface area contributed by atoms with Gasteiger partial charge in [-0.25, -0.2) is 4.79 Å². The van der Waals surface area contributed by atoms with Crippen LogP contribution in [-0.2, 0) is 19.0 Å². The number of esters is 1. The molecule has 0 aromatic heterocycles. The van der Waals surface area contributed by atoms with Crippen molar-refractivity contribution in [3.05, 3.63) is 35.9 Å².